The predicted octanol–water partition coefficient (Wildman–Crippen LogP) is 3.02. The molecular weight excluding hydrogens is 259 g/mol. The summed E-state index contributed by atoms with van der Waals surface area (Å²) < 4.78 is 13.4. The Bertz CT molecular complexity index is 464. The summed E-state index contributed by atoms with van der Waals surface area (Å²) in [7, 11) is 0. The molecule has 4 heteroatoms. The van der Waals surface area contributed by atoms with Crippen molar-refractivity contribution < 1.29 is 4.39 Å². The molecule has 0 saturated heterocycles. The molecule has 74 valence electrons. The maximum Gasteiger partial charge on any atom is 0.134 e. The van der Waals surface area contributed by atoms with E-state index in [-0.39, 0.29) is 16.5 Å². The molecule has 0 heterocycles. The van der Waals surface area contributed by atoms with E-state index in [1.165, 1.54) is 6.07 Å². The van der Waals surface area contributed by atoms with Gasteiger partial charge >= 0.3 is 0 Å². The molecule has 15 heavy (non-hydrogen) atoms. The second-order valence-electron chi connectivity index (χ2n) is 2.69. The van der Waals surface area contributed by atoms with E-state index < -0.39 is 5.82 Å². The number of nitrogens with zero attached hydrogens (tertiary/aromatic N) is 2. The number of benzene rings is 1. The van der Waals surface area contributed by atoms with Gasteiger partial charge in [-0.1, -0.05) is 34.1 Å². The zero-order chi connectivity index (χ0) is 11.3. The summed E-state index contributed by atoms with van der Waals surface area (Å²) >= 11 is 3.14. The van der Waals surface area contributed by atoms with E-state index in [1.807, 2.05) is 0 Å². The minimum Gasteiger partial charge on any atom is -0.206 e. The third-order valence-electron chi connectivity index (χ3n) is 1.86. The number of allylic oxidation sites excluding steroid dienone is 2. The highest BCUT2D eigenvalue weighted by Crippen LogP contribution is 2.23. The van der Waals surface area contributed by atoms with Crippen LogP contribution in [0, 0.1) is 28.5 Å². The van der Waals surface area contributed by atoms with Gasteiger partial charge in [-0.2, -0.15) is 10.5 Å². The van der Waals surface area contributed by atoms with Crippen molar-refractivity contribution in [2.75, 3.05) is 5.33 Å². The fourth-order valence-electron chi connectivity index (χ4n) is 1.14. The van der Waals surface area contributed by atoms with E-state index in [1.54, 1.807) is 30.3 Å². The van der Waals surface area contributed by atoms with Crippen LogP contribution in [0.15, 0.2) is 29.8 Å². The van der Waals surface area contributed by atoms with Gasteiger partial charge in [0.1, 0.15) is 23.5 Å². The van der Waals surface area contributed by atoms with E-state index in [9.17, 15) is 4.39 Å². The molecule has 0 amide bonds. The normalized spacial score (nSPS) is 8.80. The lowest BCUT2D eigenvalue weighted by Crippen LogP contribution is -1.94. The fourth-order valence-corrected chi connectivity index (χ4v) is 1.72. The third kappa shape index (κ3) is 2.43. The number of halogens is 2. The molecule has 0 fully saturated rings. The Labute approximate surface area is 95.4 Å². The van der Waals surface area contributed by atoms with E-state index in [0.717, 1.165) is 0 Å². The molecule has 0 aliphatic heterocycles. The van der Waals surface area contributed by atoms with Crippen molar-refractivity contribution in [3.8, 4) is 12.1 Å². The molecule has 0 N–H and O–H groups in total. The second kappa shape index (κ2) is 5.29. The average molecular weight is 265 g/mol. The Morgan fingerprint density at radius 3 is 2.33 bits per heavy atom. The summed E-state index contributed by atoms with van der Waals surface area (Å²) in [4.78, 5) is 0. The van der Waals surface area contributed by atoms with Gasteiger partial charge in [-0.3, -0.25) is 0 Å². The van der Waals surface area contributed by atoms with E-state index in [0.29, 0.717) is 5.57 Å². The molecule has 0 spiro atoms. The van der Waals surface area contributed by atoms with Gasteiger partial charge in [0.25, 0.3) is 0 Å². The first kappa shape index (κ1) is 11.4. The summed E-state index contributed by atoms with van der Waals surface area (Å²) in [5, 5.41) is 17.7. The molecule has 0 aliphatic carbocycles. The van der Waals surface area contributed by atoms with Crippen LogP contribution in [0.4, 0.5) is 4.39 Å². The van der Waals surface area contributed by atoms with Gasteiger partial charge in [0.2, 0.25) is 0 Å². The van der Waals surface area contributed by atoms with Crippen molar-refractivity contribution in [1.82, 2.24) is 0 Å². The molecule has 2 nitrogen and oxygen atoms in total. The Morgan fingerprint density at radius 1 is 1.27 bits per heavy atom. The Balaban J connectivity index is 3.40. The minimum absolute atomic E-state index is 0.0722. The zero-order valence-electron chi connectivity index (χ0n) is 7.67. The van der Waals surface area contributed by atoms with Crippen LogP contribution >= 0.6 is 15.9 Å². The fraction of sp³-hybridized carbons (Fsp3) is 0.0909. The van der Waals surface area contributed by atoms with Crippen molar-refractivity contribution in [1.29, 1.82) is 10.5 Å². The molecule has 0 aromatic heterocycles. The first-order valence-electron chi connectivity index (χ1n) is 4.08. The molecule has 0 bridgehead atoms. The van der Waals surface area contributed by atoms with Gasteiger partial charge in [0.05, 0.1) is 0 Å². The summed E-state index contributed by atoms with van der Waals surface area (Å²) in [5.41, 5.74) is 0.586. The lowest BCUT2D eigenvalue weighted by Gasteiger charge is -2.04. The van der Waals surface area contributed by atoms with E-state index in [2.05, 4.69) is 15.9 Å². The molecule has 0 saturated carbocycles. The van der Waals surface area contributed by atoms with E-state index in [4.69, 9.17) is 10.5 Å². The highest BCUT2D eigenvalue weighted by atomic mass is 79.9. The molecular formula is C11H6BrFN2. The molecule has 1 rings (SSSR count). The number of hydrogen-bond donors (Lipinski definition) is 0. The van der Waals surface area contributed by atoms with Crippen LogP contribution < -0.4 is 0 Å². The third-order valence-corrected chi connectivity index (χ3v) is 2.42. The predicted molar refractivity (Wildman–Crippen MR) is 58.3 cm³/mol. The first-order valence-corrected chi connectivity index (χ1v) is 5.21. The molecule has 1 aromatic carbocycles. The summed E-state index contributed by atoms with van der Waals surface area (Å²) in [6, 6.07) is 9.56. The lowest BCUT2D eigenvalue weighted by molar-refractivity contribution is 0.624. The van der Waals surface area contributed by atoms with Gasteiger partial charge in [0.15, 0.2) is 0 Å². The van der Waals surface area contributed by atoms with Gasteiger partial charge < -0.3 is 0 Å². The number of nitriles is 2. The van der Waals surface area contributed by atoms with Gasteiger partial charge in [0, 0.05) is 16.5 Å². The smallest absolute Gasteiger partial charge is 0.134 e. The standard InChI is InChI=1S/C11H6BrFN2/c12-5-10(8(6-14)7-15)9-3-1-2-4-11(9)13/h1-4H,5H2. The largest absolute Gasteiger partial charge is 0.206 e. The van der Waals surface area contributed by atoms with Gasteiger partial charge in [-0.05, 0) is 6.07 Å². The van der Waals surface area contributed by atoms with Crippen molar-refractivity contribution in [2.24, 2.45) is 0 Å². The van der Waals surface area contributed by atoms with E-state index >= 15 is 0 Å². The summed E-state index contributed by atoms with van der Waals surface area (Å²) in [5.74, 6) is -0.435. The molecule has 0 atom stereocenters. The molecule has 0 unspecified atom stereocenters. The SMILES string of the molecule is N#CC(C#N)=C(CBr)c1ccccc1F. The second-order valence-corrected chi connectivity index (χ2v) is 3.25. The van der Waals surface area contributed by atoms with Crippen LogP contribution in [0.1, 0.15) is 5.56 Å². The average Bonchev–Trinajstić information content (AvgIpc) is 2.27. The first-order chi connectivity index (χ1) is 7.24. The molecule has 1 aromatic rings. The van der Waals surface area contributed by atoms with Crippen LogP contribution in [0.2, 0.25) is 0 Å². The highest BCUT2D eigenvalue weighted by Gasteiger charge is 2.11. The van der Waals surface area contributed by atoms with Crippen molar-refractivity contribution in [3.05, 3.63) is 41.2 Å². The van der Waals surface area contributed by atoms with Crippen molar-refractivity contribution in [2.45, 2.75) is 0 Å². The molecule has 0 radical (unpaired) electrons. The number of hydrogen-bond acceptors (Lipinski definition) is 2. The lowest BCUT2D eigenvalue weighted by atomic mass is 10.0. The monoisotopic (exact) mass is 264 g/mol. The zero-order valence-corrected chi connectivity index (χ0v) is 9.25. The Hall–Kier alpha value is -1.65. The van der Waals surface area contributed by atoms with Crippen molar-refractivity contribution in [3.63, 3.8) is 0 Å². The Morgan fingerprint density at radius 2 is 1.87 bits per heavy atom. The number of alkyl halides is 1. The summed E-state index contributed by atoms with van der Waals surface area (Å²) in [6.45, 7) is 0. The van der Waals surface area contributed by atoms with Gasteiger partial charge in [-0.25, -0.2) is 4.39 Å². The topological polar surface area (TPSA) is 47.6 Å². The van der Waals surface area contributed by atoms with Gasteiger partial charge in [-0.15, -0.1) is 0 Å². The van der Waals surface area contributed by atoms with Crippen LogP contribution in [0.3, 0.4) is 0 Å². The maximum atomic E-state index is 13.4. The van der Waals surface area contributed by atoms with Crippen molar-refractivity contribution >= 4 is 21.5 Å². The Kier molecular flexibility index (Phi) is 4.03. The van der Waals surface area contributed by atoms with Crippen LogP contribution in [0.5, 0.6) is 0 Å². The van der Waals surface area contributed by atoms with Crippen LogP contribution in [-0.4, -0.2) is 5.33 Å². The number of rotatable bonds is 2. The quantitative estimate of drug-likeness (QED) is 0.609. The summed E-state index contributed by atoms with van der Waals surface area (Å²) in [6.07, 6.45) is 0. The molecule has 0 aliphatic rings. The highest BCUT2D eigenvalue weighted by molar-refractivity contribution is 9.09. The van der Waals surface area contributed by atoms with Crippen LogP contribution in [0.25, 0.3) is 5.57 Å². The minimum atomic E-state index is -0.435. The van der Waals surface area contributed by atoms with Crippen LogP contribution in [-0.2, 0) is 0 Å². The maximum absolute atomic E-state index is 13.4.